The van der Waals surface area contributed by atoms with Gasteiger partial charge in [-0.15, -0.1) is 0 Å². The van der Waals surface area contributed by atoms with Crippen LogP contribution in [0.3, 0.4) is 0 Å². The van der Waals surface area contributed by atoms with Crippen LogP contribution in [0.5, 0.6) is 0 Å². The minimum atomic E-state index is -1.17. The second kappa shape index (κ2) is 5.31. The van der Waals surface area contributed by atoms with Crippen molar-refractivity contribution < 1.29 is 10.0 Å². The van der Waals surface area contributed by atoms with E-state index in [9.17, 15) is 19.6 Å². The van der Waals surface area contributed by atoms with E-state index in [2.05, 4.69) is 5.32 Å². The van der Waals surface area contributed by atoms with Crippen LogP contribution in [0.4, 0.5) is 5.82 Å². The van der Waals surface area contributed by atoms with Crippen molar-refractivity contribution in [3.63, 3.8) is 0 Å². The third-order valence-electron chi connectivity index (χ3n) is 2.63. The second-order valence-corrected chi connectivity index (χ2v) is 4.00. The maximum absolute atomic E-state index is 11.9. The predicted octanol–water partition coefficient (Wildman–Crippen LogP) is -0.714. The first-order chi connectivity index (χ1) is 9.50. The van der Waals surface area contributed by atoms with Crippen LogP contribution in [0, 0.1) is 0 Å². The smallest absolute Gasteiger partial charge is 0.363 e. The van der Waals surface area contributed by atoms with Crippen LogP contribution >= 0.6 is 0 Å². The number of amides is 1. The standard InChI is InChI=1S/C12H12N4O4/c13-9-8(11(18)16(20)12(19)15-9)10(17)14-6-7-4-2-1-3-5-7/h1-5,20H,6,13H2,(H,14,17)(H,15,19). The Kier molecular flexibility index (Phi) is 3.56. The number of carbonyl (C=O) groups is 1. The topological polar surface area (TPSA) is 130 Å². The number of anilines is 1. The van der Waals surface area contributed by atoms with Gasteiger partial charge >= 0.3 is 11.2 Å². The molecule has 20 heavy (non-hydrogen) atoms. The third kappa shape index (κ3) is 2.53. The van der Waals surface area contributed by atoms with Gasteiger partial charge in [-0.25, -0.2) is 4.79 Å². The molecule has 0 bridgehead atoms. The largest absolute Gasteiger partial charge is 0.421 e. The van der Waals surface area contributed by atoms with Crippen LogP contribution in [-0.2, 0) is 6.54 Å². The molecule has 0 fully saturated rings. The van der Waals surface area contributed by atoms with E-state index in [0.29, 0.717) is 0 Å². The number of nitrogen functional groups attached to an aromatic ring is 1. The van der Waals surface area contributed by atoms with Gasteiger partial charge in [-0.05, 0) is 5.56 Å². The van der Waals surface area contributed by atoms with E-state index in [1.54, 1.807) is 24.3 Å². The number of rotatable bonds is 3. The molecule has 1 amide bonds. The number of aromatic amines is 1. The van der Waals surface area contributed by atoms with E-state index in [1.807, 2.05) is 11.1 Å². The molecule has 1 aromatic carbocycles. The highest BCUT2D eigenvalue weighted by Crippen LogP contribution is 2.01. The number of nitrogens with one attached hydrogen (secondary N) is 2. The van der Waals surface area contributed by atoms with E-state index < -0.39 is 28.5 Å². The quantitative estimate of drug-likeness (QED) is 0.550. The van der Waals surface area contributed by atoms with Crippen molar-refractivity contribution in [2.75, 3.05) is 5.73 Å². The number of hydrogen-bond acceptors (Lipinski definition) is 5. The first-order valence-corrected chi connectivity index (χ1v) is 5.67. The molecular weight excluding hydrogens is 264 g/mol. The van der Waals surface area contributed by atoms with Crippen LogP contribution in [-0.4, -0.2) is 20.8 Å². The van der Waals surface area contributed by atoms with Gasteiger partial charge in [-0.1, -0.05) is 35.1 Å². The van der Waals surface area contributed by atoms with Crippen molar-refractivity contribution in [3.05, 3.63) is 62.3 Å². The zero-order valence-corrected chi connectivity index (χ0v) is 10.3. The number of nitrogens with zero attached hydrogens (tertiary/aromatic N) is 1. The highest BCUT2D eigenvalue weighted by Gasteiger charge is 2.18. The molecule has 1 heterocycles. The van der Waals surface area contributed by atoms with Gasteiger partial charge in [0.25, 0.3) is 5.91 Å². The lowest BCUT2D eigenvalue weighted by molar-refractivity contribution is 0.0940. The number of benzene rings is 1. The van der Waals surface area contributed by atoms with Crippen molar-refractivity contribution in [3.8, 4) is 0 Å². The van der Waals surface area contributed by atoms with Gasteiger partial charge in [0.05, 0.1) is 0 Å². The van der Waals surface area contributed by atoms with Gasteiger partial charge in [-0.3, -0.25) is 14.6 Å². The molecule has 0 radical (unpaired) electrons. The predicted molar refractivity (Wildman–Crippen MR) is 70.5 cm³/mol. The maximum atomic E-state index is 11.9. The van der Waals surface area contributed by atoms with E-state index in [-0.39, 0.29) is 11.3 Å². The Bertz CT molecular complexity index is 748. The summed E-state index contributed by atoms with van der Waals surface area (Å²) in [7, 11) is 0. The number of carbonyl (C=O) groups excluding carboxylic acids is 1. The lowest BCUT2D eigenvalue weighted by Crippen LogP contribution is -2.41. The van der Waals surface area contributed by atoms with Gasteiger partial charge < -0.3 is 16.3 Å². The summed E-state index contributed by atoms with van der Waals surface area (Å²) in [5, 5.41) is 11.6. The normalized spacial score (nSPS) is 10.2. The fourth-order valence-electron chi connectivity index (χ4n) is 1.63. The molecule has 0 spiro atoms. The molecule has 0 aliphatic heterocycles. The highest BCUT2D eigenvalue weighted by molar-refractivity contribution is 5.97. The minimum Gasteiger partial charge on any atom is -0.421 e. The Morgan fingerprint density at radius 3 is 2.60 bits per heavy atom. The molecule has 0 atom stereocenters. The van der Waals surface area contributed by atoms with Crippen molar-refractivity contribution in [1.82, 2.24) is 15.0 Å². The minimum absolute atomic E-state index is 0.184. The number of H-pyrrole nitrogens is 1. The monoisotopic (exact) mass is 276 g/mol. The van der Waals surface area contributed by atoms with Gasteiger partial charge in [0.1, 0.15) is 11.4 Å². The second-order valence-electron chi connectivity index (χ2n) is 4.00. The van der Waals surface area contributed by atoms with Crippen molar-refractivity contribution >= 4 is 11.7 Å². The number of hydrogen-bond donors (Lipinski definition) is 4. The van der Waals surface area contributed by atoms with E-state index in [1.165, 1.54) is 0 Å². The Balaban J connectivity index is 2.25. The molecule has 104 valence electrons. The average molecular weight is 276 g/mol. The summed E-state index contributed by atoms with van der Waals surface area (Å²) in [5.41, 5.74) is 3.46. The zero-order chi connectivity index (χ0) is 14.7. The SMILES string of the molecule is Nc1[nH]c(=O)n(O)c(=O)c1C(=O)NCc1ccccc1. The van der Waals surface area contributed by atoms with Crippen LogP contribution in [0.15, 0.2) is 39.9 Å². The fourth-order valence-corrected chi connectivity index (χ4v) is 1.63. The summed E-state index contributed by atoms with van der Waals surface area (Å²) in [6.45, 7) is 0.184. The summed E-state index contributed by atoms with van der Waals surface area (Å²) >= 11 is 0. The lowest BCUT2D eigenvalue weighted by Gasteiger charge is -2.07. The van der Waals surface area contributed by atoms with Crippen molar-refractivity contribution in [2.45, 2.75) is 6.54 Å². The van der Waals surface area contributed by atoms with Crippen molar-refractivity contribution in [2.24, 2.45) is 0 Å². The Morgan fingerprint density at radius 1 is 1.30 bits per heavy atom. The molecule has 0 aliphatic carbocycles. The molecule has 0 unspecified atom stereocenters. The molecule has 0 saturated heterocycles. The van der Waals surface area contributed by atoms with Gasteiger partial charge in [0, 0.05) is 6.54 Å². The molecule has 0 saturated carbocycles. The first kappa shape index (κ1) is 13.4. The van der Waals surface area contributed by atoms with Gasteiger partial charge in [-0.2, -0.15) is 0 Å². The first-order valence-electron chi connectivity index (χ1n) is 5.67. The Morgan fingerprint density at radius 2 is 1.95 bits per heavy atom. The molecule has 0 aliphatic rings. The van der Waals surface area contributed by atoms with E-state index in [0.717, 1.165) is 5.56 Å². The summed E-state index contributed by atoms with van der Waals surface area (Å²) in [5.74, 6) is -1.17. The van der Waals surface area contributed by atoms with E-state index >= 15 is 0 Å². The van der Waals surface area contributed by atoms with Crippen LogP contribution in [0.2, 0.25) is 0 Å². The molecular formula is C12H12N4O4. The van der Waals surface area contributed by atoms with Gasteiger partial charge in [0.15, 0.2) is 0 Å². The van der Waals surface area contributed by atoms with Crippen LogP contribution in [0.1, 0.15) is 15.9 Å². The summed E-state index contributed by atoms with van der Waals surface area (Å²) < 4.78 is -0.201. The maximum Gasteiger partial charge on any atom is 0.363 e. The van der Waals surface area contributed by atoms with E-state index in [4.69, 9.17) is 5.73 Å². The fraction of sp³-hybridized carbons (Fsp3) is 0.0833. The average Bonchev–Trinajstić information content (AvgIpc) is 2.44. The zero-order valence-electron chi connectivity index (χ0n) is 10.3. The highest BCUT2D eigenvalue weighted by atomic mass is 16.5. The lowest BCUT2D eigenvalue weighted by atomic mass is 10.2. The van der Waals surface area contributed by atoms with Gasteiger partial charge in [0.2, 0.25) is 0 Å². The summed E-state index contributed by atoms with van der Waals surface area (Å²) in [6.07, 6.45) is 0. The Labute approximate surface area is 112 Å². The molecule has 2 aromatic rings. The molecule has 8 heteroatoms. The molecule has 5 N–H and O–H groups in total. The number of aromatic nitrogens is 2. The van der Waals surface area contributed by atoms with Crippen LogP contribution in [0.25, 0.3) is 0 Å². The van der Waals surface area contributed by atoms with Crippen molar-refractivity contribution in [1.29, 1.82) is 0 Å². The summed E-state index contributed by atoms with van der Waals surface area (Å²) in [4.78, 5) is 36.6. The third-order valence-corrected chi connectivity index (χ3v) is 2.63. The molecule has 1 aromatic heterocycles. The van der Waals surface area contributed by atoms with Crippen LogP contribution < -0.4 is 22.3 Å². The molecule has 2 rings (SSSR count). The Hall–Kier alpha value is -3.03. The summed E-state index contributed by atoms with van der Waals surface area (Å²) in [6, 6.07) is 9.02. The molecule has 8 nitrogen and oxygen atoms in total. The number of nitrogens with two attached hydrogens (primary N) is 1.